The van der Waals surface area contributed by atoms with E-state index in [2.05, 4.69) is 28.4 Å². The second kappa shape index (κ2) is 4.46. The summed E-state index contributed by atoms with van der Waals surface area (Å²) in [5.41, 5.74) is 4.33. The molecule has 1 aromatic rings. The highest BCUT2D eigenvalue weighted by atomic mass is 15.1. The molecule has 0 radical (unpaired) electrons. The van der Waals surface area contributed by atoms with Crippen molar-refractivity contribution in [1.29, 1.82) is 0 Å². The lowest BCUT2D eigenvalue weighted by molar-refractivity contribution is 0.221. The minimum atomic E-state index is 1.11. The molecule has 2 heteroatoms. The van der Waals surface area contributed by atoms with Crippen LogP contribution >= 0.6 is 0 Å². The Morgan fingerprint density at radius 1 is 1.12 bits per heavy atom. The number of likely N-dealkylation sites (tertiary alicyclic amines) is 1. The molecule has 1 saturated heterocycles. The number of hydrogen-bond acceptors (Lipinski definition) is 2. The molecule has 0 unspecified atom stereocenters. The Hall–Kier alpha value is -1.02. The number of rotatable bonds is 2. The van der Waals surface area contributed by atoms with Gasteiger partial charge in [-0.1, -0.05) is 18.6 Å². The van der Waals surface area contributed by atoms with Gasteiger partial charge in [-0.3, -0.25) is 4.90 Å². The quantitative estimate of drug-likeness (QED) is 0.817. The van der Waals surface area contributed by atoms with E-state index in [0.717, 1.165) is 13.1 Å². The highest BCUT2D eigenvalue weighted by molar-refractivity contribution is 5.56. The van der Waals surface area contributed by atoms with Crippen LogP contribution in [0, 0.1) is 0 Å². The first-order valence-corrected chi connectivity index (χ1v) is 6.50. The molecule has 0 bridgehead atoms. The van der Waals surface area contributed by atoms with E-state index >= 15 is 0 Å². The maximum Gasteiger partial charge on any atom is 0.0376 e. The lowest BCUT2D eigenvalue weighted by atomic mass is 10.1. The van der Waals surface area contributed by atoms with E-state index in [9.17, 15) is 0 Å². The zero-order valence-electron chi connectivity index (χ0n) is 9.84. The van der Waals surface area contributed by atoms with E-state index in [0.29, 0.717) is 0 Å². The first kappa shape index (κ1) is 10.2. The molecule has 1 aromatic carbocycles. The average molecular weight is 216 g/mol. The lowest BCUT2D eigenvalue weighted by Gasteiger charge is -2.26. The normalized spacial score (nSPS) is 20.5. The average Bonchev–Trinajstić information content (AvgIpc) is 2.77. The molecule has 3 rings (SSSR count). The van der Waals surface area contributed by atoms with Crippen LogP contribution < -0.4 is 5.32 Å². The fourth-order valence-corrected chi connectivity index (χ4v) is 2.81. The molecule has 1 fully saturated rings. The van der Waals surface area contributed by atoms with Crippen LogP contribution in [0.4, 0.5) is 5.69 Å². The van der Waals surface area contributed by atoms with Crippen LogP contribution in [-0.2, 0) is 13.0 Å². The molecule has 0 amide bonds. The van der Waals surface area contributed by atoms with Gasteiger partial charge in [-0.15, -0.1) is 0 Å². The Balaban J connectivity index is 1.69. The Kier molecular flexibility index (Phi) is 2.83. The highest BCUT2D eigenvalue weighted by Gasteiger charge is 2.13. The van der Waals surface area contributed by atoms with Crippen LogP contribution in [0.2, 0.25) is 0 Å². The SMILES string of the molecule is c1cc2c(cc1CN1CCCCC1)NCC2. The maximum absolute atomic E-state index is 3.46. The molecule has 0 aliphatic carbocycles. The molecule has 1 N–H and O–H groups in total. The molecule has 0 aromatic heterocycles. The van der Waals surface area contributed by atoms with Gasteiger partial charge >= 0.3 is 0 Å². The number of piperidine rings is 1. The Morgan fingerprint density at radius 2 is 2.00 bits per heavy atom. The van der Waals surface area contributed by atoms with E-state index in [1.807, 2.05) is 0 Å². The summed E-state index contributed by atoms with van der Waals surface area (Å²) in [6, 6.07) is 6.95. The standard InChI is InChI=1S/C14H20N2/c1-2-8-16(9-3-1)11-12-4-5-13-6-7-15-14(13)10-12/h4-5,10,15H,1-3,6-9,11H2. The van der Waals surface area contributed by atoms with E-state index in [1.165, 1.54) is 55.6 Å². The van der Waals surface area contributed by atoms with Gasteiger partial charge < -0.3 is 5.32 Å². The molecule has 0 saturated carbocycles. The topological polar surface area (TPSA) is 15.3 Å². The van der Waals surface area contributed by atoms with Crippen molar-refractivity contribution in [1.82, 2.24) is 4.90 Å². The zero-order valence-corrected chi connectivity index (χ0v) is 9.84. The van der Waals surface area contributed by atoms with Crippen LogP contribution in [0.1, 0.15) is 30.4 Å². The predicted molar refractivity (Wildman–Crippen MR) is 67.8 cm³/mol. The second-order valence-electron chi connectivity index (χ2n) is 5.01. The molecule has 2 aliphatic rings. The summed E-state index contributed by atoms with van der Waals surface area (Å²) in [6.07, 6.45) is 5.37. The summed E-state index contributed by atoms with van der Waals surface area (Å²) in [7, 11) is 0. The van der Waals surface area contributed by atoms with Crippen molar-refractivity contribution in [2.24, 2.45) is 0 Å². The van der Waals surface area contributed by atoms with Gasteiger partial charge in [0.1, 0.15) is 0 Å². The number of fused-ring (bicyclic) bond motifs is 1. The van der Waals surface area contributed by atoms with Gasteiger partial charge in [0.05, 0.1) is 0 Å². The Bertz CT molecular complexity index is 367. The van der Waals surface area contributed by atoms with Crippen molar-refractivity contribution in [2.45, 2.75) is 32.2 Å². The number of nitrogens with zero attached hydrogens (tertiary/aromatic N) is 1. The highest BCUT2D eigenvalue weighted by Crippen LogP contribution is 2.24. The van der Waals surface area contributed by atoms with Gasteiger partial charge in [-0.2, -0.15) is 0 Å². The number of benzene rings is 1. The molecular weight excluding hydrogens is 196 g/mol. The van der Waals surface area contributed by atoms with E-state index in [-0.39, 0.29) is 0 Å². The fourth-order valence-electron chi connectivity index (χ4n) is 2.81. The van der Waals surface area contributed by atoms with Crippen molar-refractivity contribution < 1.29 is 0 Å². The molecule has 0 spiro atoms. The van der Waals surface area contributed by atoms with Crippen LogP contribution in [0.3, 0.4) is 0 Å². The third kappa shape index (κ3) is 2.07. The third-order valence-electron chi connectivity index (χ3n) is 3.74. The molecule has 2 aliphatic heterocycles. The third-order valence-corrected chi connectivity index (χ3v) is 3.74. The van der Waals surface area contributed by atoms with E-state index < -0.39 is 0 Å². The molecule has 86 valence electrons. The van der Waals surface area contributed by atoms with E-state index in [1.54, 1.807) is 0 Å². The van der Waals surface area contributed by atoms with Crippen molar-refractivity contribution in [3.63, 3.8) is 0 Å². The van der Waals surface area contributed by atoms with Gasteiger partial charge in [0.25, 0.3) is 0 Å². The summed E-state index contributed by atoms with van der Waals surface area (Å²) < 4.78 is 0. The Morgan fingerprint density at radius 3 is 2.88 bits per heavy atom. The number of hydrogen-bond donors (Lipinski definition) is 1. The minimum absolute atomic E-state index is 1.11. The van der Waals surface area contributed by atoms with E-state index in [4.69, 9.17) is 0 Å². The zero-order chi connectivity index (χ0) is 10.8. The van der Waals surface area contributed by atoms with Gasteiger partial charge in [0, 0.05) is 18.8 Å². The lowest BCUT2D eigenvalue weighted by Crippen LogP contribution is -2.29. The van der Waals surface area contributed by atoms with Gasteiger partial charge in [-0.25, -0.2) is 0 Å². The summed E-state index contributed by atoms with van der Waals surface area (Å²) in [5, 5.41) is 3.46. The minimum Gasteiger partial charge on any atom is -0.384 e. The van der Waals surface area contributed by atoms with Crippen LogP contribution in [0.25, 0.3) is 0 Å². The van der Waals surface area contributed by atoms with Crippen LogP contribution in [-0.4, -0.2) is 24.5 Å². The second-order valence-corrected chi connectivity index (χ2v) is 5.01. The van der Waals surface area contributed by atoms with Gasteiger partial charge in [0.15, 0.2) is 0 Å². The largest absolute Gasteiger partial charge is 0.384 e. The smallest absolute Gasteiger partial charge is 0.0376 e. The predicted octanol–water partition coefficient (Wildman–Crippen LogP) is 2.64. The summed E-state index contributed by atoms with van der Waals surface area (Å²) in [6.45, 7) is 4.81. The summed E-state index contributed by atoms with van der Waals surface area (Å²) >= 11 is 0. The van der Waals surface area contributed by atoms with Crippen molar-refractivity contribution in [2.75, 3.05) is 25.0 Å². The number of nitrogens with one attached hydrogen (secondary N) is 1. The Labute approximate surface area is 97.6 Å². The first-order chi connectivity index (χ1) is 7.92. The van der Waals surface area contributed by atoms with Crippen molar-refractivity contribution in [3.8, 4) is 0 Å². The number of anilines is 1. The van der Waals surface area contributed by atoms with Crippen molar-refractivity contribution >= 4 is 5.69 Å². The van der Waals surface area contributed by atoms with Gasteiger partial charge in [-0.05, 0) is 49.5 Å². The first-order valence-electron chi connectivity index (χ1n) is 6.50. The molecular formula is C14H20N2. The molecule has 2 nitrogen and oxygen atoms in total. The molecule has 0 atom stereocenters. The summed E-state index contributed by atoms with van der Waals surface area (Å²) in [4.78, 5) is 2.58. The molecule has 2 heterocycles. The van der Waals surface area contributed by atoms with Crippen molar-refractivity contribution in [3.05, 3.63) is 29.3 Å². The monoisotopic (exact) mass is 216 g/mol. The fraction of sp³-hybridized carbons (Fsp3) is 0.571. The molecule has 16 heavy (non-hydrogen) atoms. The van der Waals surface area contributed by atoms with Crippen LogP contribution in [0.15, 0.2) is 18.2 Å². The van der Waals surface area contributed by atoms with Gasteiger partial charge in [0.2, 0.25) is 0 Å². The van der Waals surface area contributed by atoms with Crippen LogP contribution in [0.5, 0.6) is 0 Å². The summed E-state index contributed by atoms with van der Waals surface area (Å²) in [5.74, 6) is 0. The maximum atomic E-state index is 3.46.